The molecule has 2 aliphatic rings. The number of rotatable bonds is 4. The van der Waals surface area contributed by atoms with Crippen molar-refractivity contribution in [3.8, 4) is 0 Å². The van der Waals surface area contributed by atoms with Crippen molar-refractivity contribution in [2.45, 2.75) is 74.5 Å². The van der Waals surface area contributed by atoms with E-state index < -0.39 is 85.7 Å². The average molecular weight is 474 g/mol. The molecular formula is C16H30N2O14. The van der Waals surface area contributed by atoms with Gasteiger partial charge < -0.3 is 71.2 Å². The number of amides is 2. The first kappa shape index (κ1) is 28.5. The lowest BCUT2D eigenvalue weighted by Gasteiger charge is -2.44. The molecule has 16 nitrogen and oxygen atoms in total. The lowest BCUT2D eigenvalue weighted by molar-refractivity contribution is -0.358. The zero-order chi connectivity index (χ0) is 25.0. The first-order valence-electron chi connectivity index (χ1n) is 9.31. The van der Waals surface area contributed by atoms with Crippen LogP contribution in [-0.4, -0.2) is 137 Å². The van der Waals surface area contributed by atoms with Crippen LogP contribution < -0.4 is 10.6 Å². The van der Waals surface area contributed by atoms with E-state index in [4.69, 9.17) is 19.7 Å². The maximum atomic E-state index is 10.8. The number of nitrogens with one attached hydrogen (secondary N) is 2. The van der Waals surface area contributed by atoms with E-state index in [1.54, 1.807) is 0 Å². The zero-order valence-corrected chi connectivity index (χ0v) is 17.1. The number of carbonyl (C=O) groups excluding carboxylic acids is 2. The van der Waals surface area contributed by atoms with Gasteiger partial charge in [-0.25, -0.2) is 0 Å². The number of carbonyl (C=O) groups is 2. The van der Waals surface area contributed by atoms with Crippen LogP contribution in [0.5, 0.6) is 0 Å². The molecule has 32 heavy (non-hydrogen) atoms. The second-order valence-electron chi connectivity index (χ2n) is 7.29. The Hall–Kier alpha value is -1.54. The van der Waals surface area contributed by atoms with Gasteiger partial charge in [0.15, 0.2) is 12.2 Å². The molecule has 0 bridgehead atoms. The van der Waals surface area contributed by atoms with E-state index in [0.29, 0.717) is 0 Å². The van der Waals surface area contributed by atoms with Crippen LogP contribution in [0.1, 0.15) is 13.8 Å². The molecule has 2 amide bonds. The quantitative estimate of drug-likeness (QED) is 0.169. The first-order chi connectivity index (χ1) is 14.6. The molecule has 10 atom stereocenters. The van der Waals surface area contributed by atoms with E-state index >= 15 is 0 Å². The van der Waals surface area contributed by atoms with E-state index in [-0.39, 0.29) is 0 Å². The Balaban J connectivity index is 0.000000320. The third-order valence-corrected chi connectivity index (χ3v) is 4.64. The Morgan fingerprint density at radius 2 is 0.969 bits per heavy atom. The van der Waals surface area contributed by atoms with Crippen LogP contribution in [0.15, 0.2) is 0 Å². The predicted octanol–water partition coefficient (Wildman–Crippen LogP) is -7.52. The topological polar surface area (TPSA) is 279 Å². The van der Waals surface area contributed by atoms with Crippen LogP contribution in [0.25, 0.3) is 0 Å². The lowest BCUT2D eigenvalue weighted by atomic mass is 9.96. The summed E-state index contributed by atoms with van der Waals surface area (Å²) < 4.78 is 9.48. The summed E-state index contributed by atoms with van der Waals surface area (Å²) in [5, 5.41) is 97.3. The molecule has 2 saturated heterocycles. The summed E-state index contributed by atoms with van der Waals surface area (Å²) in [5.41, 5.74) is 0. The summed E-state index contributed by atoms with van der Waals surface area (Å²) in [5.74, 6) is -6.47. The van der Waals surface area contributed by atoms with E-state index in [0.717, 1.165) is 13.8 Å². The van der Waals surface area contributed by atoms with E-state index in [1.165, 1.54) is 0 Å². The molecule has 0 aliphatic carbocycles. The largest absolute Gasteiger partial charge is 0.394 e. The van der Waals surface area contributed by atoms with Gasteiger partial charge in [0, 0.05) is 13.8 Å². The van der Waals surface area contributed by atoms with Crippen LogP contribution in [0.3, 0.4) is 0 Å². The van der Waals surface area contributed by atoms with Gasteiger partial charge >= 0.3 is 0 Å². The summed E-state index contributed by atoms with van der Waals surface area (Å²) in [6.07, 6.45) is -13.1. The van der Waals surface area contributed by atoms with Crippen molar-refractivity contribution in [2.24, 2.45) is 0 Å². The maximum absolute atomic E-state index is 10.8. The fourth-order valence-electron chi connectivity index (χ4n) is 3.02. The van der Waals surface area contributed by atoms with Crippen molar-refractivity contribution in [2.75, 3.05) is 13.2 Å². The minimum Gasteiger partial charge on any atom is -0.394 e. The molecule has 0 aromatic carbocycles. The SMILES string of the molecule is CC(=O)NC1(O)O[C@H](CO)[C@@H](O)[C@H](O)[C@H]1O.CC(=O)NC1(O)O[C@H](CO)[C@@H](O)[C@H](O)[C@H]1O. The molecule has 2 fully saturated rings. The van der Waals surface area contributed by atoms with Gasteiger partial charge in [-0.1, -0.05) is 0 Å². The fraction of sp³-hybridized carbons (Fsp3) is 0.875. The van der Waals surface area contributed by atoms with E-state index in [2.05, 4.69) is 0 Å². The predicted molar refractivity (Wildman–Crippen MR) is 97.5 cm³/mol. The van der Waals surface area contributed by atoms with Gasteiger partial charge in [-0.3, -0.25) is 9.59 Å². The molecule has 0 aromatic heterocycles. The number of aliphatic hydroxyl groups is 10. The monoisotopic (exact) mass is 474 g/mol. The van der Waals surface area contributed by atoms with Gasteiger partial charge in [0.1, 0.15) is 36.6 Å². The highest BCUT2D eigenvalue weighted by Crippen LogP contribution is 2.27. The average Bonchev–Trinajstić information content (AvgIpc) is 2.70. The van der Waals surface area contributed by atoms with E-state index in [9.17, 15) is 50.4 Å². The number of ether oxygens (including phenoxy) is 2. The summed E-state index contributed by atoms with van der Waals surface area (Å²) in [6.45, 7) is 0.762. The molecule has 2 rings (SSSR count). The molecule has 12 N–H and O–H groups in total. The van der Waals surface area contributed by atoms with Gasteiger partial charge in [0.05, 0.1) is 13.2 Å². The molecule has 2 unspecified atom stereocenters. The molecule has 0 aromatic rings. The molecular weight excluding hydrogens is 444 g/mol. The van der Waals surface area contributed by atoms with Crippen LogP contribution >= 0.6 is 0 Å². The summed E-state index contributed by atoms with van der Waals surface area (Å²) in [6, 6.07) is 0. The maximum Gasteiger partial charge on any atom is 0.279 e. The normalized spacial score (nSPS) is 44.1. The highest BCUT2D eigenvalue weighted by Gasteiger charge is 2.54. The standard InChI is InChI=1S/2C8H15NO7/c2*1-3(11)9-8(15)7(14)6(13)5(12)4(2-10)16-8/h2*4-7,10,12-15H,2H2,1H3,(H,9,11)/t2*4-,5-,6+,7-,8?/m11/s1. The molecule has 16 heteroatoms. The van der Waals surface area contributed by atoms with Gasteiger partial charge in [-0.05, 0) is 0 Å². The molecule has 188 valence electrons. The van der Waals surface area contributed by atoms with Crippen molar-refractivity contribution < 1.29 is 70.1 Å². The van der Waals surface area contributed by atoms with Crippen molar-refractivity contribution in [1.82, 2.24) is 10.6 Å². The Morgan fingerprint density at radius 1 is 0.688 bits per heavy atom. The van der Waals surface area contributed by atoms with Crippen LogP contribution in [0.4, 0.5) is 0 Å². The highest BCUT2D eigenvalue weighted by atomic mass is 16.7. The molecule has 2 aliphatic heterocycles. The number of aliphatic hydroxyl groups excluding tert-OH is 8. The second-order valence-corrected chi connectivity index (χ2v) is 7.29. The Kier molecular flexibility index (Phi) is 9.84. The van der Waals surface area contributed by atoms with Crippen LogP contribution in [-0.2, 0) is 19.1 Å². The van der Waals surface area contributed by atoms with Gasteiger partial charge in [0.25, 0.3) is 11.8 Å². The molecule has 2 heterocycles. The van der Waals surface area contributed by atoms with E-state index in [1.807, 2.05) is 10.6 Å². The van der Waals surface area contributed by atoms with Crippen molar-refractivity contribution >= 4 is 11.8 Å². The van der Waals surface area contributed by atoms with Gasteiger partial charge in [-0.2, -0.15) is 0 Å². The lowest BCUT2D eigenvalue weighted by Crippen LogP contribution is -2.71. The third-order valence-electron chi connectivity index (χ3n) is 4.64. The Morgan fingerprint density at radius 3 is 1.19 bits per heavy atom. The molecule has 0 spiro atoms. The molecule has 0 saturated carbocycles. The summed E-state index contributed by atoms with van der Waals surface area (Å²) >= 11 is 0. The minimum atomic E-state index is -2.53. The zero-order valence-electron chi connectivity index (χ0n) is 17.1. The number of hydrogen-bond donors (Lipinski definition) is 12. The van der Waals surface area contributed by atoms with Gasteiger partial charge in [0.2, 0.25) is 11.8 Å². The first-order valence-corrected chi connectivity index (χ1v) is 9.31. The minimum absolute atomic E-state index is 0.688. The fourth-order valence-corrected chi connectivity index (χ4v) is 3.02. The summed E-state index contributed by atoms with van der Waals surface area (Å²) in [4.78, 5) is 21.6. The Bertz CT molecular complexity index is 596. The second kappa shape index (κ2) is 11.1. The third kappa shape index (κ3) is 6.28. The van der Waals surface area contributed by atoms with Crippen molar-refractivity contribution in [3.05, 3.63) is 0 Å². The summed E-state index contributed by atoms with van der Waals surface area (Å²) in [7, 11) is 0. The van der Waals surface area contributed by atoms with Gasteiger partial charge in [-0.15, -0.1) is 0 Å². The highest BCUT2D eigenvalue weighted by molar-refractivity contribution is 5.73. The Labute approximate surface area is 181 Å². The van der Waals surface area contributed by atoms with Crippen LogP contribution in [0.2, 0.25) is 0 Å². The smallest absolute Gasteiger partial charge is 0.279 e. The van der Waals surface area contributed by atoms with Crippen LogP contribution in [0, 0.1) is 0 Å². The molecule has 0 radical (unpaired) electrons. The van der Waals surface area contributed by atoms with Crippen molar-refractivity contribution in [3.63, 3.8) is 0 Å². The number of hydrogen-bond acceptors (Lipinski definition) is 14. The van der Waals surface area contributed by atoms with Crippen molar-refractivity contribution in [1.29, 1.82) is 0 Å².